The minimum Gasteiger partial charge on any atom is -0.396 e. The number of hydrogen-bond donors (Lipinski definition) is 1. The van der Waals surface area contributed by atoms with Crippen LogP contribution in [0.2, 0.25) is 0 Å². The third-order valence-corrected chi connectivity index (χ3v) is 5.94. The molecule has 1 fully saturated rings. The quantitative estimate of drug-likeness (QED) is 0.859. The number of fused-ring (bicyclic) bond motifs is 1. The molecule has 0 amide bonds. The summed E-state index contributed by atoms with van der Waals surface area (Å²) in [5.41, 5.74) is 3.30. The van der Waals surface area contributed by atoms with Crippen molar-refractivity contribution in [2.24, 2.45) is 5.92 Å². The number of aliphatic hydroxyl groups excluding tert-OH is 1. The van der Waals surface area contributed by atoms with Gasteiger partial charge in [-0.05, 0) is 55.6 Å². The van der Waals surface area contributed by atoms with Crippen molar-refractivity contribution < 1.29 is 5.11 Å². The second-order valence-electron chi connectivity index (χ2n) is 6.63. The predicted molar refractivity (Wildman–Crippen MR) is 94.0 cm³/mol. The van der Waals surface area contributed by atoms with Crippen LogP contribution in [-0.2, 0) is 12.8 Å². The zero-order chi connectivity index (χ0) is 16.2. The lowest BCUT2D eigenvalue weighted by Gasteiger charge is -2.34. The summed E-state index contributed by atoms with van der Waals surface area (Å²) in [4.78, 5) is 7.32. The van der Waals surface area contributed by atoms with Gasteiger partial charge >= 0.3 is 0 Å². The van der Waals surface area contributed by atoms with E-state index in [0.29, 0.717) is 5.75 Å². The molecule has 4 nitrogen and oxygen atoms in total. The van der Waals surface area contributed by atoms with Crippen LogP contribution >= 0.6 is 11.8 Å². The standard InChI is InChI=1S/C18H25N3OS/c1-13-6-8-21(9-7-13)17-15-5-3-2-4-14(15)16(12-19)18(20-17)23-11-10-22/h13,22H,2-11H2,1H3. The maximum Gasteiger partial charge on any atom is 0.133 e. The van der Waals surface area contributed by atoms with E-state index in [9.17, 15) is 5.26 Å². The van der Waals surface area contributed by atoms with Crippen LogP contribution in [0.4, 0.5) is 5.82 Å². The number of hydrogen-bond acceptors (Lipinski definition) is 5. The van der Waals surface area contributed by atoms with E-state index in [-0.39, 0.29) is 6.61 Å². The molecule has 1 aliphatic heterocycles. The summed E-state index contributed by atoms with van der Waals surface area (Å²) in [5, 5.41) is 19.6. The zero-order valence-electron chi connectivity index (χ0n) is 13.8. The molecule has 1 N–H and O–H groups in total. The molecule has 124 valence electrons. The molecule has 0 unspecified atom stereocenters. The summed E-state index contributed by atoms with van der Waals surface area (Å²) < 4.78 is 0. The Hall–Kier alpha value is -1.25. The van der Waals surface area contributed by atoms with E-state index in [1.54, 1.807) is 0 Å². The minimum absolute atomic E-state index is 0.116. The molecule has 3 rings (SSSR count). The third-order valence-electron chi connectivity index (χ3n) is 4.99. The van der Waals surface area contributed by atoms with Crippen LogP contribution in [0.3, 0.4) is 0 Å². The van der Waals surface area contributed by atoms with Gasteiger partial charge < -0.3 is 10.0 Å². The van der Waals surface area contributed by atoms with Crippen molar-refractivity contribution >= 4 is 17.6 Å². The molecule has 2 heterocycles. The molecule has 1 aromatic heterocycles. The van der Waals surface area contributed by atoms with Crippen LogP contribution in [0.1, 0.15) is 49.3 Å². The first kappa shape index (κ1) is 16.6. The summed E-state index contributed by atoms with van der Waals surface area (Å²) in [6.07, 6.45) is 6.82. The van der Waals surface area contributed by atoms with Gasteiger partial charge in [0.2, 0.25) is 0 Å². The molecule has 5 heteroatoms. The summed E-state index contributed by atoms with van der Waals surface area (Å²) in [7, 11) is 0. The van der Waals surface area contributed by atoms with Crippen LogP contribution in [-0.4, -0.2) is 35.5 Å². The molecule has 1 aliphatic carbocycles. The van der Waals surface area contributed by atoms with Crippen LogP contribution < -0.4 is 4.90 Å². The average Bonchev–Trinajstić information content (AvgIpc) is 2.59. The molecule has 2 aliphatic rings. The average molecular weight is 331 g/mol. The smallest absolute Gasteiger partial charge is 0.133 e. The number of anilines is 1. The van der Waals surface area contributed by atoms with Crippen molar-refractivity contribution in [3.05, 3.63) is 16.7 Å². The SMILES string of the molecule is CC1CCN(c2nc(SCCO)c(C#N)c3c2CCCC3)CC1. The van der Waals surface area contributed by atoms with Crippen molar-refractivity contribution in [3.63, 3.8) is 0 Å². The van der Waals surface area contributed by atoms with E-state index < -0.39 is 0 Å². The van der Waals surface area contributed by atoms with E-state index in [0.717, 1.165) is 54.7 Å². The first-order valence-corrected chi connectivity index (χ1v) is 9.67. The number of aliphatic hydroxyl groups is 1. The van der Waals surface area contributed by atoms with Gasteiger partial charge in [-0.25, -0.2) is 4.98 Å². The predicted octanol–water partition coefficient (Wildman–Crippen LogP) is 3.15. The Morgan fingerprint density at radius 3 is 2.61 bits per heavy atom. The van der Waals surface area contributed by atoms with Gasteiger partial charge in [-0.15, -0.1) is 11.8 Å². The van der Waals surface area contributed by atoms with E-state index in [1.165, 1.54) is 42.2 Å². The molecule has 0 bridgehead atoms. The molecule has 1 aromatic rings. The van der Waals surface area contributed by atoms with Crippen LogP contribution in [0, 0.1) is 17.2 Å². The third kappa shape index (κ3) is 3.49. The van der Waals surface area contributed by atoms with Gasteiger partial charge in [0.1, 0.15) is 16.9 Å². The maximum absolute atomic E-state index is 9.63. The van der Waals surface area contributed by atoms with E-state index in [4.69, 9.17) is 10.1 Å². The lowest BCUT2D eigenvalue weighted by Crippen LogP contribution is -2.35. The molecular formula is C18H25N3OS. The maximum atomic E-state index is 9.63. The second kappa shape index (κ2) is 7.55. The monoisotopic (exact) mass is 331 g/mol. The lowest BCUT2D eigenvalue weighted by atomic mass is 9.88. The number of pyridine rings is 1. The Morgan fingerprint density at radius 2 is 1.96 bits per heavy atom. The van der Waals surface area contributed by atoms with Gasteiger partial charge in [0, 0.05) is 18.8 Å². The molecule has 0 aromatic carbocycles. The van der Waals surface area contributed by atoms with Crippen molar-refractivity contribution in [3.8, 4) is 6.07 Å². The van der Waals surface area contributed by atoms with Gasteiger partial charge in [0.15, 0.2) is 0 Å². The van der Waals surface area contributed by atoms with Crippen molar-refractivity contribution in [1.82, 2.24) is 4.98 Å². The number of aromatic nitrogens is 1. The summed E-state index contributed by atoms with van der Waals surface area (Å²) >= 11 is 1.51. The largest absolute Gasteiger partial charge is 0.396 e. The van der Waals surface area contributed by atoms with E-state index in [2.05, 4.69) is 17.9 Å². The Kier molecular flexibility index (Phi) is 5.45. The van der Waals surface area contributed by atoms with Gasteiger partial charge in [-0.3, -0.25) is 0 Å². The van der Waals surface area contributed by atoms with Gasteiger partial charge in [-0.1, -0.05) is 6.92 Å². The molecule has 0 atom stereocenters. The van der Waals surface area contributed by atoms with Gasteiger partial charge in [-0.2, -0.15) is 5.26 Å². The van der Waals surface area contributed by atoms with Crippen LogP contribution in [0.25, 0.3) is 0 Å². The van der Waals surface area contributed by atoms with Crippen LogP contribution in [0.5, 0.6) is 0 Å². The molecule has 0 spiro atoms. The molecule has 23 heavy (non-hydrogen) atoms. The fraction of sp³-hybridized carbons (Fsp3) is 0.667. The normalized spacial score (nSPS) is 18.6. The highest BCUT2D eigenvalue weighted by atomic mass is 32.2. The minimum atomic E-state index is 0.116. The fourth-order valence-electron chi connectivity index (χ4n) is 3.62. The number of rotatable bonds is 4. The second-order valence-corrected chi connectivity index (χ2v) is 7.72. The van der Waals surface area contributed by atoms with Crippen molar-refractivity contribution in [1.29, 1.82) is 5.26 Å². The topological polar surface area (TPSA) is 60.1 Å². The van der Waals surface area contributed by atoms with Crippen LogP contribution in [0.15, 0.2) is 5.03 Å². The molecular weight excluding hydrogens is 306 g/mol. The molecule has 1 saturated heterocycles. The Labute approximate surface area is 142 Å². The van der Waals surface area contributed by atoms with Gasteiger partial charge in [0.25, 0.3) is 0 Å². The Morgan fingerprint density at radius 1 is 1.26 bits per heavy atom. The molecule has 0 saturated carbocycles. The summed E-state index contributed by atoms with van der Waals surface area (Å²) in [6.45, 7) is 4.57. The van der Waals surface area contributed by atoms with E-state index in [1.807, 2.05) is 0 Å². The number of nitriles is 1. The Bertz CT molecular complexity index is 603. The fourth-order valence-corrected chi connectivity index (χ4v) is 4.37. The summed E-state index contributed by atoms with van der Waals surface area (Å²) in [5.74, 6) is 2.51. The first-order valence-electron chi connectivity index (χ1n) is 8.69. The van der Waals surface area contributed by atoms with Crippen molar-refractivity contribution in [2.75, 3.05) is 30.3 Å². The number of thioether (sulfide) groups is 1. The lowest BCUT2D eigenvalue weighted by molar-refractivity contribution is 0.322. The van der Waals surface area contributed by atoms with Crippen molar-refractivity contribution in [2.45, 2.75) is 50.5 Å². The highest BCUT2D eigenvalue weighted by Gasteiger charge is 2.26. The first-order chi connectivity index (χ1) is 11.2. The molecule has 0 radical (unpaired) electrons. The number of nitrogens with zero attached hydrogens (tertiary/aromatic N) is 3. The van der Waals surface area contributed by atoms with E-state index >= 15 is 0 Å². The summed E-state index contributed by atoms with van der Waals surface area (Å²) in [6, 6.07) is 2.39. The van der Waals surface area contributed by atoms with Gasteiger partial charge in [0.05, 0.1) is 12.2 Å². The Balaban J connectivity index is 2.02. The highest BCUT2D eigenvalue weighted by Crippen LogP contribution is 2.37. The zero-order valence-corrected chi connectivity index (χ0v) is 14.7. The number of piperidine rings is 1. The highest BCUT2D eigenvalue weighted by molar-refractivity contribution is 7.99.